The lowest BCUT2D eigenvalue weighted by molar-refractivity contribution is -0.118. The molecular formula is C8H15N5O. The van der Waals surface area contributed by atoms with Crippen molar-refractivity contribution >= 4 is 11.9 Å². The number of aromatic nitrogens is 2. The lowest BCUT2D eigenvalue weighted by atomic mass is 10.1. The van der Waals surface area contributed by atoms with E-state index in [1.807, 2.05) is 0 Å². The van der Waals surface area contributed by atoms with Crippen LogP contribution in [0.2, 0.25) is 0 Å². The molecule has 0 bridgehead atoms. The molecule has 78 valence electrons. The van der Waals surface area contributed by atoms with Crippen molar-refractivity contribution in [1.29, 1.82) is 0 Å². The van der Waals surface area contributed by atoms with E-state index in [1.165, 1.54) is 0 Å². The minimum Gasteiger partial charge on any atom is -0.368 e. The summed E-state index contributed by atoms with van der Waals surface area (Å²) in [4.78, 5) is 17.8. The van der Waals surface area contributed by atoms with Crippen molar-refractivity contribution in [2.75, 3.05) is 11.9 Å². The van der Waals surface area contributed by atoms with Gasteiger partial charge in [0.05, 0.1) is 0 Å². The van der Waals surface area contributed by atoms with Gasteiger partial charge in [-0.1, -0.05) is 0 Å². The standard InChI is InChI=1S/C8H15N5O/c9-3-1-2-6(7(10)14)13-8-11-4-5-12-8/h4-6H,1-3,9H2,(H2,10,14)(H2,11,12,13)/t6-/m0/s1. The van der Waals surface area contributed by atoms with Crippen LogP contribution in [-0.4, -0.2) is 28.5 Å². The number of nitrogens with one attached hydrogen (secondary N) is 2. The first-order chi connectivity index (χ1) is 6.74. The molecule has 0 fully saturated rings. The van der Waals surface area contributed by atoms with Crippen LogP contribution in [-0.2, 0) is 4.79 Å². The summed E-state index contributed by atoms with van der Waals surface area (Å²) in [5.74, 6) is 0.153. The number of carbonyl (C=O) groups is 1. The zero-order valence-electron chi connectivity index (χ0n) is 7.86. The van der Waals surface area contributed by atoms with Gasteiger partial charge in [0.2, 0.25) is 11.9 Å². The Hall–Kier alpha value is -1.56. The normalized spacial score (nSPS) is 12.4. The highest BCUT2D eigenvalue weighted by molar-refractivity contribution is 5.82. The smallest absolute Gasteiger partial charge is 0.240 e. The van der Waals surface area contributed by atoms with Crippen LogP contribution in [0.5, 0.6) is 0 Å². The first-order valence-electron chi connectivity index (χ1n) is 4.49. The van der Waals surface area contributed by atoms with E-state index in [0.29, 0.717) is 18.9 Å². The molecule has 6 heteroatoms. The van der Waals surface area contributed by atoms with Crippen LogP contribution in [0.4, 0.5) is 5.95 Å². The molecule has 0 saturated carbocycles. The lowest BCUT2D eigenvalue weighted by Crippen LogP contribution is -2.36. The van der Waals surface area contributed by atoms with Gasteiger partial charge in [0.15, 0.2) is 0 Å². The van der Waals surface area contributed by atoms with Crippen LogP contribution in [0.3, 0.4) is 0 Å². The number of imidazole rings is 1. The van der Waals surface area contributed by atoms with E-state index in [-0.39, 0.29) is 0 Å². The maximum absolute atomic E-state index is 11.0. The maximum atomic E-state index is 11.0. The topological polar surface area (TPSA) is 110 Å². The summed E-state index contributed by atoms with van der Waals surface area (Å²) >= 11 is 0. The van der Waals surface area contributed by atoms with Crippen molar-refractivity contribution in [2.45, 2.75) is 18.9 Å². The Kier molecular flexibility index (Phi) is 3.93. The third-order valence-corrected chi connectivity index (χ3v) is 1.85. The van der Waals surface area contributed by atoms with Crippen LogP contribution in [0.25, 0.3) is 0 Å². The number of nitrogens with zero attached hydrogens (tertiary/aromatic N) is 1. The van der Waals surface area contributed by atoms with Crippen molar-refractivity contribution in [3.05, 3.63) is 12.4 Å². The summed E-state index contributed by atoms with van der Waals surface area (Å²) < 4.78 is 0. The van der Waals surface area contributed by atoms with E-state index in [9.17, 15) is 4.79 Å². The Morgan fingerprint density at radius 1 is 1.71 bits per heavy atom. The van der Waals surface area contributed by atoms with Gasteiger partial charge < -0.3 is 21.8 Å². The van der Waals surface area contributed by atoms with E-state index < -0.39 is 11.9 Å². The van der Waals surface area contributed by atoms with Crippen LogP contribution in [0.1, 0.15) is 12.8 Å². The highest BCUT2D eigenvalue weighted by atomic mass is 16.1. The second kappa shape index (κ2) is 5.23. The molecule has 1 aromatic heterocycles. The van der Waals surface area contributed by atoms with Crippen LogP contribution < -0.4 is 16.8 Å². The number of hydrogen-bond acceptors (Lipinski definition) is 4. The third-order valence-electron chi connectivity index (χ3n) is 1.85. The summed E-state index contributed by atoms with van der Waals surface area (Å²) in [5.41, 5.74) is 10.6. The molecule has 0 aromatic carbocycles. The van der Waals surface area contributed by atoms with Crippen molar-refractivity contribution in [3.63, 3.8) is 0 Å². The van der Waals surface area contributed by atoms with Crippen molar-refractivity contribution < 1.29 is 4.79 Å². The largest absolute Gasteiger partial charge is 0.368 e. The quantitative estimate of drug-likeness (QED) is 0.488. The van der Waals surface area contributed by atoms with Gasteiger partial charge in [0.25, 0.3) is 0 Å². The number of hydrogen-bond donors (Lipinski definition) is 4. The molecule has 0 aliphatic rings. The van der Waals surface area contributed by atoms with Gasteiger partial charge in [0, 0.05) is 12.4 Å². The average molecular weight is 197 g/mol. The summed E-state index contributed by atoms with van der Waals surface area (Å²) in [7, 11) is 0. The predicted octanol–water partition coefficient (Wildman–Crippen LogP) is -0.586. The van der Waals surface area contributed by atoms with E-state index in [4.69, 9.17) is 11.5 Å². The summed E-state index contributed by atoms with van der Waals surface area (Å²) in [6.07, 6.45) is 4.64. The summed E-state index contributed by atoms with van der Waals surface area (Å²) in [6, 6.07) is -0.412. The van der Waals surface area contributed by atoms with Crippen molar-refractivity contribution in [3.8, 4) is 0 Å². The molecule has 1 aromatic rings. The number of primary amides is 1. The fourth-order valence-corrected chi connectivity index (χ4v) is 1.12. The van der Waals surface area contributed by atoms with Crippen LogP contribution >= 0.6 is 0 Å². The number of nitrogens with two attached hydrogens (primary N) is 2. The van der Waals surface area contributed by atoms with E-state index in [0.717, 1.165) is 6.42 Å². The molecular weight excluding hydrogens is 182 g/mol. The van der Waals surface area contributed by atoms with Crippen molar-refractivity contribution in [2.24, 2.45) is 11.5 Å². The van der Waals surface area contributed by atoms with Crippen LogP contribution in [0.15, 0.2) is 12.4 Å². The summed E-state index contributed by atoms with van der Waals surface area (Å²) in [5, 5.41) is 2.90. The average Bonchev–Trinajstić information content (AvgIpc) is 2.64. The Morgan fingerprint density at radius 2 is 2.50 bits per heavy atom. The minimum absolute atomic E-state index is 0.394. The number of anilines is 1. The molecule has 1 heterocycles. The number of H-pyrrole nitrogens is 1. The zero-order valence-corrected chi connectivity index (χ0v) is 7.86. The monoisotopic (exact) mass is 197 g/mol. The molecule has 6 nitrogen and oxygen atoms in total. The predicted molar refractivity (Wildman–Crippen MR) is 53.5 cm³/mol. The number of amides is 1. The van der Waals surface area contributed by atoms with Gasteiger partial charge in [-0.2, -0.15) is 0 Å². The van der Waals surface area contributed by atoms with Gasteiger partial charge in [-0.15, -0.1) is 0 Å². The van der Waals surface area contributed by atoms with E-state index >= 15 is 0 Å². The SMILES string of the molecule is NCCC[C@H](Nc1ncc[nH]1)C(N)=O. The molecule has 0 radical (unpaired) electrons. The van der Waals surface area contributed by atoms with Gasteiger partial charge in [-0.05, 0) is 19.4 Å². The summed E-state index contributed by atoms with van der Waals surface area (Å²) in [6.45, 7) is 0.545. The Labute approximate surface area is 82.1 Å². The second-order valence-electron chi connectivity index (χ2n) is 2.97. The van der Waals surface area contributed by atoms with Crippen LogP contribution in [0, 0.1) is 0 Å². The molecule has 0 aliphatic carbocycles. The lowest BCUT2D eigenvalue weighted by Gasteiger charge is -2.13. The fourth-order valence-electron chi connectivity index (χ4n) is 1.12. The second-order valence-corrected chi connectivity index (χ2v) is 2.97. The Morgan fingerprint density at radius 3 is 3.00 bits per heavy atom. The molecule has 1 atom stereocenters. The molecule has 0 spiro atoms. The zero-order chi connectivity index (χ0) is 10.4. The number of rotatable bonds is 6. The molecule has 1 amide bonds. The first-order valence-corrected chi connectivity index (χ1v) is 4.49. The van der Waals surface area contributed by atoms with Gasteiger partial charge in [0.1, 0.15) is 6.04 Å². The molecule has 0 aliphatic heterocycles. The Balaban J connectivity index is 2.47. The highest BCUT2D eigenvalue weighted by Crippen LogP contribution is 2.03. The number of carbonyl (C=O) groups excluding carboxylic acids is 1. The molecule has 0 unspecified atom stereocenters. The van der Waals surface area contributed by atoms with Gasteiger partial charge in [-0.3, -0.25) is 4.79 Å². The maximum Gasteiger partial charge on any atom is 0.240 e. The van der Waals surface area contributed by atoms with Gasteiger partial charge in [-0.25, -0.2) is 4.98 Å². The molecule has 0 saturated heterocycles. The fraction of sp³-hybridized carbons (Fsp3) is 0.500. The van der Waals surface area contributed by atoms with E-state index in [2.05, 4.69) is 15.3 Å². The number of aromatic amines is 1. The van der Waals surface area contributed by atoms with Crippen molar-refractivity contribution in [1.82, 2.24) is 9.97 Å². The van der Waals surface area contributed by atoms with E-state index in [1.54, 1.807) is 12.4 Å². The minimum atomic E-state index is -0.412. The molecule has 6 N–H and O–H groups in total. The Bertz CT molecular complexity index is 271. The first kappa shape index (κ1) is 10.5. The molecule has 14 heavy (non-hydrogen) atoms. The molecule has 1 rings (SSSR count). The highest BCUT2D eigenvalue weighted by Gasteiger charge is 2.14. The van der Waals surface area contributed by atoms with Gasteiger partial charge >= 0.3 is 0 Å². The third kappa shape index (κ3) is 3.06.